The second kappa shape index (κ2) is 6.40. The molecule has 0 unspecified atom stereocenters. The van der Waals surface area contributed by atoms with Gasteiger partial charge in [0, 0.05) is 6.61 Å². The van der Waals surface area contributed by atoms with Gasteiger partial charge in [0.25, 0.3) is 0 Å². The minimum absolute atomic E-state index is 0.184. The van der Waals surface area contributed by atoms with Gasteiger partial charge >= 0.3 is 0 Å². The Kier molecular flexibility index (Phi) is 6.34. The van der Waals surface area contributed by atoms with Crippen LogP contribution in [0.5, 0.6) is 0 Å². The maximum Gasteiger partial charge on any atom is 0.0637 e. The van der Waals surface area contributed by atoms with Crippen molar-refractivity contribution in [2.75, 3.05) is 6.61 Å². The zero-order chi connectivity index (χ0) is 9.45. The van der Waals surface area contributed by atoms with E-state index in [0.29, 0.717) is 12.8 Å². The van der Waals surface area contributed by atoms with Crippen LogP contribution in [0.2, 0.25) is 0 Å². The second-order valence-electron chi connectivity index (χ2n) is 3.52. The molecule has 0 aliphatic carbocycles. The highest BCUT2D eigenvalue weighted by Crippen LogP contribution is 2.12. The molecule has 0 saturated carbocycles. The lowest BCUT2D eigenvalue weighted by atomic mass is 9.98. The minimum atomic E-state index is -0.558. The van der Waals surface area contributed by atoms with E-state index < -0.39 is 5.66 Å². The van der Waals surface area contributed by atoms with Crippen LogP contribution in [0.3, 0.4) is 0 Å². The first-order valence-corrected chi connectivity index (χ1v) is 4.81. The fourth-order valence-corrected chi connectivity index (χ4v) is 1.24. The Balaban J connectivity index is 3.42. The third-order valence-corrected chi connectivity index (χ3v) is 2.05. The highest BCUT2D eigenvalue weighted by molar-refractivity contribution is 4.75. The van der Waals surface area contributed by atoms with Crippen molar-refractivity contribution in [3.05, 3.63) is 0 Å². The van der Waals surface area contributed by atoms with Crippen molar-refractivity contribution < 1.29 is 5.11 Å². The number of rotatable bonds is 7. The molecule has 0 aromatic heterocycles. The van der Waals surface area contributed by atoms with Gasteiger partial charge in [0.15, 0.2) is 0 Å². The molecule has 0 aliphatic heterocycles. The molecule has 3 nitrogen and oxygen atoms in total. The Labute approximate surface area is 75.1 Å². The summed E-state index contributed by atoms with van der Waals surface area (Å²) in [6.07, 6.45) is 5.76. The summed E-state index contributed by atoms with van der Waals surface area (Å²) in [7, 11) is 0. The van der Waals surface area contributed by atoms with Crippen LogP contribution in [-0.2, 0) is 0 Å². The van der Waals surface area contributed by atoms with Gasteiger partial charge in [0.05, 0.1) is 5.66 Å². The summed E-state index contributed by atoms with van der Waals surface area (Å²) >= 11 is 0. The number of unbranched alkanes of at least 4 members (excludes halogenated alkanes) is 2. The van der Waals surface area contributed by atoms with Gasteiger partial charge in [-0.3, -0.25) is 0 Å². The molecule has 5 N–H and O–H groups in total. The number of aliphatic hydroxyl groups is 1. The molecule has 0 aliphatic rings. The Morgan fingerprint density at radius 1 is 1.08 bits per heavy atom. The average molecular weight is 174 g/mol. The smallest absolute Gasteiger partial charge is 0.0637 e. The summed E-state index contributed by atoms with van der Waals surface area (Å²) in [6.45, 7) is 2.34. The van der Waals surface area contributed by atoms with Gasteiger partial charge in [-0.25, -0.2) is 0 Å². The maximum absolute atomic E-state index is 8.59. The van der Waals surface area contributed by atoms with Gasteiger partial charge in [-0.05, 0) is 19.3 Å². The van der Waals surface area contributed by atoms with Crippen LogP contribution < -0.4 is 11.5 Å². The first-order chi connectivity index (χ1) is 5.62. The monoisotopic (exact) mass is 174 g/mol. The molecule has 0 atom stereocenters. The molecule has 0 rings (SSSR count). The average Bonchev–Trinajstić information content (AvgIpc) is 2.01. The van der Waals surface area contributed by atoms with Gasteiger partial charge in [-0.1, -0.05) is 26.2 Å². The highest BCUT2D eigenvalue weighted by Gasteiger charge is 2.16. The van der Waals surface area contributed by atoms with Crippen LogP contribution in [0.4, 0.5) is 0 Å². The molecule has 0 bridgehead atoms. The third-order valence-electron chi connectivity index (χ3n) is 2.05. The van der Waals surface area contributed by atoms with E-state index in [2.05, 4.69) is 6.92 Å². The van der Waals surface area contributed by atoms with Crippen LogP contribution in [-0.4, -0.2) is 17.4 Å². The Morgan fingerprint density at radius 3 is 2.17 bits per heavy atom. The number of aliphatic hydroxyl groups excluding tert-OH is 1. The Hall–Kier alpha value is -0.120. The summed E-state index contributed by atoms with van der Waals surface area (Å²) in [6, 6.07) is 0. The minimum Gasteiger partial charge on any atom is -0.396 e. The molecule has 0 aromatic carbocycles. The largest absolute Gasteiger partial charge is 0.396 e. The fraction of sp³-hybridized carbons (Fsp3) is 1.00. The van der Waals surface area contributed by atoms with Crippen molar-refractivity contribution in [1.29, 1.82) is 0 Å². The molecular formula is C9H22N2O. The molecule has 0 saturated heterocycles. The van der Waals surface area contributed by atoms with Crippen molar-refractivity contribution in [3.63, 3.8) is 0 Å². The zero-order valence-corrected chi connectivity index (χ0v) is 8.05. The van der Waals surface area contributed by atoms with Crippen LogP contribution in [0, 0.1) is 0 Å². The van der Waals surface area contributed by atoms with Crippen LogP contribution in [0.25, 0.3) is 0 Å². The zero-order valence-electron chi connectivity index (χ0n) is 8.05. The molecule has 12 heavy (non-hydrogen) atoms. The van der Waals surface area contributed by atoms with Crippen molar-refractivity contribution >= 4 is 0 Å². The van der Waals surface area contributed by atoms with Crippen molar-refractivity contribution in [2.24, 2.45) is 11.5 Å². The van der Waals surface area contributed by atoms with Crippen molar-refractivity contribution in [1.82, 2.24) is 0 Å². The quantitative estimate of drug-likeness (QED) is 0.397. The summed E-state index contributed by atoms with van der Waals surface area (Å²) in [5, 5.41) is 8.59. The molecule has 74 valence electrons. The van der Waals surface area contributed by atoms with E-state index in [1.165, 1.54) is 12.8 Å². The van der Waals surface area contributed by atoms with E-state index in [9.17, 15) is 0 Å². The van der Waals surface area contributed by atoms with Crippen LogP contribution >= 0.6 is 0 Å². The van der Waals surface area contributed by atoms with E-state index in [0.717, 1.165) is 12.8 Å². The summed E-state index contributed by atoms with van der Waals surface area (Å²) < 4.78 is 0. The topological polar surface area (TPSA) is 72.3 Å². The first-order valence-electron chi connectivity index (χ1n) is 4.81. The summed E-state index contributed by atoms with van der Waals surface area (Å²) in [5.41, 5.74) is 11.1. The van der Waals surface area contributed by atoms with E-state index in [4.69, 9.17) is 16.6 Å². The van der Waals surface area contributed by atoms with Gasteiger partial charge in [0.1, 0.15) is 0 Å². The number of nitrogens with two attached hydrogens (primary N) is 2. The molecule has 0 heterocycles. The van der Waals surface area contributed by atoms with Gasteiger partial charge in [-0.15, -0.1) is 0 Å². The molecule has 0 spiro atoms. The first kappa shape index (κ1) is 11.9. The van der Waals surface area contributed by atoms with Gasteiger partial charge < -0.3 is 16.6 Å². The highest BCUT2D eigenvalue weighted by atomic mass is 16.2. The number of hydrogen-bond acceptors (Lipinski definition) is 3. The Bertz CT molecular complexity index is 105. The third kappa shape index (κ3) is 6.58. The summed E-state index contributed by atoms with van der Waals surface area (Å²) in [4.78, 5) is 0. The van der Waals surface area contributed by atoms with Crippen molar-refractivity contribution in [2.45, 2.75) is 51.1 Å². The molecule has 3 heteroatoms. The Morgan fingerprint density at radius 2 is 1.67 bits per heavy atom. The normalized spacial score (nSPS) is 12.0. The fourth-order valence-electron chi connectivity index (χ4n) is 1.24. The van der Waals surface area contributed by atoms with Crippen LogP contribution in [0.15, 0.2) is 0 Å². The van der Waals surface area contributed by atoms with E-state index >= 15 is 0 Å². The maximum atomic E-state index is 8.59. The summed E-state index contributed by atoms with van der Waals surface area (Å²) in [5.74, 6) is 0. The van der Waals surface area contributed by atoms with E-state index in [1.54, 1.807) is 0 Å². The molecule has 0 fully saturated rings. The second-order valence-corrected chi connectivity index (χ2v) is 3.52. The predicted octanol–water partition coefficient (Wildman–Crippen LogP) is 0.953. The van der Waals surface area contributed by atoms with Gasteiger partial charge in [0.2, 0.25) is 0 Å². The lowest BCUT2D eigenvalue weighted by Gasteiger charge is -2.23. The molecule has 0 aromatic rings. The van der Waals surface area contributed by atoms with E-state index in [-0.39, 0.29) is 6.61 Å². The SMILES string of the molecule is CCCCCC(N)(N)CCCO. The predicted molar refractivity (Wildman–Crippen MR) is 51.6 cm³/mol. The van der Waals surface area contributed by atoms with Crippen LogP contribution in [0.1, 0.15) is 45.4 Å². The lowest BCUT2D eigenvalue weighted by molar-refractivity contribution is 0.254. The van der Waals surface area contributed by atoms with Crippen molar-refractivity contribution in [3.8, 4) is 0 Å². The lowest BCUT2D eigenvalue weighted by Crippen LogP contribution is -2.49. The molecular weight excluding hydrogens is 152 g/mol. The van der Waals surface area contributed by atoms with E-state index in [1.807, 2.05) is 0 Å². The standard InChI is InChI=1S/C9H22N2O/c1-2-3-4-6-9(10,11)7-5-8-12/h12H,2-8,10-11H2,1H3. The number of hydrogen-bond donors (Lipinski definition) is 3. The van der Waals surface area contributed by atoms with Gasteiger partial charge in [-0.2, -0.15) is 0 Å². The molecule has 0 amide bonds. The molecule has 0 radical (unpaired) electrons.